The smallest absolute Gasteiger partial charge is 0.137 e. The van der Waals surface area contributed by atoms with Crippen LogP contribution in [0.5, 0.6) is 0 Å². The summed E-state index contributed by atoms with van der Waals surface area (Å²) < 4.78 is 4.97. The number of aryl methyl sites for hydroxylation is 1. The van der Waals surface area contributed by atoms with Crippen molar-refractivity contribution in [2.75, 3.05) is 44.1 Å². The molecule has 6 heteroatoms. The van der Waals surface area contributed by atoms with E-state index >= 15 is 0 Å². The van der Waals surface area contributed by atoms with Gasteiger partial charge < -0.3 is 20.1 Å². The highest BCUT2D eigenvalue weighted by molar-refractivity contribution is 5.58. The van der Waals surface area contributed by atoms with Crippen LogP contribution in [0.1, 0.15) is 31.7 Å². The van der Waals surface area contributed by atoms with Gasteiger partial charge in [-0.25, -0.2) is 9.97 Å². The Labute approximate surface area is 127 Å². The zero-order valence-corrected chi connectivity index (χ0v) is 13.8. The largest absolute Gasteiger partial charge is 0.389 e. The standard InChI is InChI=1S/C15H28N4O2/c1-6-8-13-17-14(16-7-2)11(3)15(18-13)19(4)9-12(20)10-21-5/h12,20H,6-10H2,1-5H3,(H,16,17,18). The summed E-state index contributed by atoms with van der Waals surface area (Å²) in [7, 11) is 3.52. The van der Waals surface area contributed by atoms with E-state index in [-0.39, 0.29) is 0 Å². The lowest BCUT2D eigenvalue weighted by Crippen LogP contribution is -2.33. The second-order valence-corrected chi connectivity index (χ2v) is 5.21. The Balaban J connectivity index is 3.02. The first kappa shape index (κ1) is 17.7. The first-order chi connectivity index (χ1) is 10.0. The first-order valence-corrected chi connectivity index (χ1v) is 7.52. The van der Waals surface area contributed by atoms with Crippen molar-refractivity contribution in [1.29, 1.82) is 0 Å². The summed E-state index contributed by atoms with van der Waals surface area (Å²) in [5.41, 5.74) is 1.00. The van der Waals surface area contributed by atoms with Crippen LogP contribution in [0.25, 0.3) is 0 Å². The predicted octanol–water partition coefficient (Wildman–Crippen LogP) is 1.61. The van der Waals surface area contributed by atoms with E-state index in [4.69, 9.17) is 4.74 Å². The van der Waals surface area contributed by atoms with Crippen LogP contribution in [0.4, 0.5) is 11.6 Å². The molecule has 0 bridgehead atoms. The number of rotatable bonds is 9. The normalized spacial score (nSPS) is 12.3. The lowest BCUT2D eigenvalue weighted by atomic mass is 10.2. The topological polar surface area (TPSA) is 70.5 Å². The fraction of sp³-hybridized carbons (Fsp3) is 0.733. The van der Waals surface area contributed by atoms with Crippen LogP contribution in [0.3, 0.4) is 0 Å². The number of aliphatic hydroxyl groups excluding tert-OH is 1. The molecule has 1 heterocycles. The van der Waals surface area contributed by atoms with E-state index in [2.05, 4.69) is 22.2 Å². The van der Waals surface area contributed by atoms with E-state index in [0.717, 1.165) is 42.4 Å². The summed E-state index contributed by atoms with van der Waals surface area (Å²) in [4.78, 5) is 11.2. The number of ether oxygens (including phenoxy) is 1. The van der Waals surface area contributed by atoms with Gasteiger partial charge in [0.05, 0.1) is 12.7 Å². The summed E-state index contributed by atoms with van der Waals surface area (Å²) in [6.07, 6.45) is 1.32. The molecule has 1 aromatic rings. The van der Waals surface area contributed by atoms with Crippen LogP contribution in [-0.2, 0) is 11.2 Å². The zero-order chi connectivity index (χ0) is 15.8. The van der Waals surface area contributed by atoms with Crippen molar-refractivity contribution in [1.82, 2.24) is 9.97 Å². The fourth-order valence-electron chi connectivity index (χ4n) is 2.24. The number of likely N-dealkylation sites (N-methyl/N-ethyl adjacent to an activating group) is 1. The van der Waals surface area contributed by atoms with E-state index in [1.807, 2.05) is 25.8 Å². The van der Waals surface area contributed by atoms with Crippen LogP contribution in [0, 0.1) is 6.92 Å². The van der Waals surface area contributed by atoms with Gasteiger partial charge in [0.15, 0.2) is 0 Å². The highest BCUT2D eigenvalue weighted by Gasteiger charge is 2.16. The van der Waals surface area contributed by atoms with Gasteiger partial charge in [-0.05, 0) is 20.3 Å². The van der Waals surface area contributed by atoms with Crippen LogP contribution in [-0.4, -0.2) is 55.0 Å². The highest BCUT2D eigenvalue weighted by atomic mass is 16.5. The SMILES string of the molecule is CCCc1nc(NCC)c(C)c(N(C)CC(O)COC)n1. The lowest BCUT2D eigenvalue weighted by molar-refractivity contribution is 0.0694. The second kappa shape index (κ2) is 8.79. The molecular weight excluding hydrogens is 268 g/mol. The predicted molar refractivity (Wildman–Crippen MR) is 86.1 cm³/mol. The summed E-state index contributed by atoms with van der Waals surface area (Å²) in [5.74, 6) is 2.57. The Morgan fingerprint density at radius 2 is 2.05 bits per heavy atom. The van der Waals surface area contributed by atoms with Crippen molar-refractivity contribution < 1.29 is 9.84 Å². The van der Waals surface area contributed by atoms with Gasteiger partial charge in [-0.3, -0.25) is 0 Å². The molecule has 2 N–H and O–H groups in total. The summed E-state index contributed by atoms with van der Waals surface area (Å²) in [5, 5.41) is 13.2. The van der Waals surface area contributed by atoms with Gasteiger partial charge in [0.25, 0.3) is 0 Å². The van der Waals surface area contributed by atoms with Crippen LogP contribution < -0.4 is 10.2 Å². The number of methoxy groups -OCH3 is 1. The van der Waals surface area contributed by atoms with Crippen molar-refractivity contribution in [3.63, 3.8) is 0 Å². The first-order valence-electron chi connectivity index (χ1n) is 7.52. The summed E-state index contributed by atoms with van der Waals surface area (Å²) in [6.45, 7) is 7.77. The van der Waals surface area contributed by atoms with Crippen molar-refractivity contribution >= 4 is 11.6 Å². The maximum Gasteiger partial charge on any atom is 0.137 e. The van der Waals surface area contributed by atoms with E-state index in [1.54, 1.807) is 7.11 Å². The van der Waals surface area contributed by atoms with E-state index in [0.29, 0.717) is 13.2 Å². The zero-order valence-electron chi connectivity index (χ0n) is 13.8. The summed E-state index contributed by atoms with van der Waals surface area (Å²) >= 11 is 0. The number of aromatic nitrogens is 2. The molecule has 0 radical (unpaired) electrons. The molecule has 0 fully saturated rings. The van der Waals surface area contributed by atoms with Gasteiger partial charge in [-0.1, -0.05) is 6.92 Å². The van der Waals surface area contributed by atoms with E-state index in [1.165, 1.54) is 0 Å². The average Bonchev–Trinajstić information content (AvgIpc) is 2.42. The molecule has 21 heavy (non-hydrogen) atoms. The third-order valence-corrected chi connectivity index (χ3v) is 3.19. The average molecular weight is 296 g/mol. The quantitative estimate of drug-likeness (QED) is 0.721. The van der Waals surface area contributed by atoms with Gasteiger partial charge >= 0.3 is 0 Å². The second-order valence-electron chi connectivity index (χ2n) is 5.21. The van der Waals surface area contributed by atoms with Gasteiger partial charge in [0.2, 0.25) is 0 Å². The van der Waals surface area contributed by atoms with Gasteiger partial charge in [-0.15, -0.1) is 0 Å². The van der Waals surface area contributed by atoms with Crippen molar-refractivity contribution in [3.8, 4) is 0 Å². The molecule has 1 unspecified atom stereocenters. The van der Waals surface area contributed by atoms with Crippen molar-refractivity contribution in [3.05, 3.63) is 11.4 Å². The Kier molecular flexibility index (Phi) is 7.39. The Morgan fingerprint density at radius 3 is 2.62 bits per heavy atom. The highest BCUT2D eigenvalue weighted by Crippen LogP contribution is 2.23. The maximum atomic E-state index is 9.89. The molecule has 120 valence electrons. The summed E-state index contributed by atoms with van der Waals surface area (Å²) in [6, 6.07) is 0. The fourth-order valence-corrected chi connectivity index (χ4v) is 2.24. The molecule has 0 spiro atoms. The number of hydrogen-bond donors (Lipinski definition) is 2. The minimum Gasteiger partial charge on any atom is -0.389 e. The molecule has 0 amide bonds. The minimum absolute atomic E-state index is 0.316. The molecule has 0 aliphatic heterocycles. The molecule has 1 atom stereocenters. The number of aliphatic hydroxyl groups is 1. The Hall–Kier alpha value is -1.40. The Bertz CT molecular complexity index is 440. The molecule has 0 aliphatic rings. The monoisotopic (exact) mass is 296 g/mol. The number of nitrogens with one attached hydrogen (secondary N) is 1. The van der Waals surface area contributed by atoms with Crippen molar-refractivity contribution in [2.45, 2.75) is 39.7 Å². The molecule has 1 rings (SSSR count). The van der Waals surface area contributed by atoms with Crippen LogP contribution in [0.15, 0.2) is 0 Å². The molecule has 0 aromatic carbocycles. The lowest BCUT2D eigenvalue weighted by Gasteiger charge is -2.24. The van der Waals surface area contributed by atoms with E-state index in [9.17, 15) is 5.11 Å². The molecule has 0 saturated heterocycles. The number of nitrogens with zero attached hydrogens (tertiary/aromatic N) is 3. The third kappa shape index (κ3) is 5.13. The van der Waals surface area contributed by atoms with Gasteiger partial charge in [0, 0.05) is 39.2 Å². The van der Waals surface area contributed by atoms with Crippen molar-refractivity contribution in [2.24, 2.45) is 0 Å². The van der Waals surface area contributed by atoms with Gasteiger partial charge in [0.1, 0.15) is 17.5 Å². The molecule has 1 aromatic heterocycles. The minimum atomic E-state index is -0.536. The third-order valence-electron chi connectivity index (χ3n) is 3.19. The Morgan fingerprint density at radius 1 is 1.33 bits per heavy atom. The van der Waals surface area contributed by atoms with Gasteiger partial charge in [-0.2, -0.15) is 0 Å². The van der Waals surface area contributed by atoms with Crippen LogP contribution >= 0.6 is 0 Å². The number of hydrogen-bond acceptors (Lipinski definition) is 6. The van der Waals surface area contributed by atoms with E-state index < -0.39 is 6.10 Å². The molecule has 6 nitrogen and oxygen atoms in total. The molecular formula is C15H28N4O2. The maximum absolute atomic E-state index is 9.89. The molecule has 0 saturated carbocycles. The molecule has 0 aliphatic carbocycles. The van der Waals surface area contributed by atoms with Crippen LogP contribution in [0.2, 0.25) is 0 Å². The number of anilines is 2.